The Morgan fingerprint density at radius 1 is 1.25 bits per heavy atom. The van der Waals surface area contributed by atoms with Gasteiger partial charge in [-0.3, -0.25) is 19.1 Å². The minimum atomic E-state index is -0.749. The number of amides is 1. The van der Waals surface area contributed by atoms with Gasteiger partial charge in [0.2, 0.25) is 11.8 Å². The molecule has 0 unspecified atom stereocenters. The Balaban J connectivity index is 2.13. The van der Waals surface area contributed by atoms with Crippen LogP contribution in [0.25, 0.3) is 0 Å². The molecule has 1 aromatic carbocycles. The molecule has 0 saturated heterocycles. The number of carbonyl (C=O) groups is 1. The number of hydrogen-bond donors (Lipinski definition) is 2. The van der Waals surface area contributed by atoms with Crippen LogP contribution in [-0.2, 0) is 11.3 Å². The Morgan fingerprint density at radius 3 is 2.62 bits per heavy atom. The van der Waals surface area contributed by atoms with Gasteiger partial charge < -0.3 is 14.6 Å². The predicted molar refractivity (Wildman–Crippen MR) is 118 cm³/mol. The molecule has 0 saturated carbocycles. The Hall–Kier alpha value is -3.56. The van der Waals surface area contributed by atoms with Crippen molar-refractivity contribution in [2.75, 3.05) is 14.2 Å². The van der Waals surface area contributed by atoms with E-state index < -0.39 is 23.2 Å². The number of nitrogens with zero attached hydrogens (tertiary/aromatic N) is 3. The fourth-order valence-electron chi connectivity index (χ4n) is 3.74. The molecule has 10 heteroatoms. The third-order valence-corrected chi connectivity index (χ3v) is 5.46. The molecular formula is C22H28N4O6. The fourth-order valence-corrected chi connectivity index (χ4v) is 3.74. The summed E-state index contributed by atoms with van der Waals surface area (Å²) >= 11 is 0. The average molecular weight is 444 g/mol. The monoisotopic (exact) mass is 444 g/mol. The maximum absolute atomic E-state index is 12.7. The molecule has 1 aliphatic heterocycles. The average Bonchev–Trinajstić information content (AvgIpc) is 3.22. The highest BCUT2D eigenvalue weighted by Crippen LogP contribution is 2.39. The highest BCUT2D eigenvalue weighted by molar-refractivity contribution is 6.04. The van der Waals surface area contributed by atoms with Gasteiger partial charge in [-0.1, -0.05) is 20.3 Å². The molecule has 32 heavy (non-hydrogen) atoms. The first-order valence-corrected chi connectivity index (χ1v) is 10.5. The van der Waals surface area contributed by atoms with Crippen molar-refractivity contribution in [2.45, 2.75) is 52.1 Å². The first-order valence-electron chi connectivity index (χ1n) is 10.5. The number of aromatic amines is 1. The zero-order chi connectivity index (χ0) is 23.4. The maximum atomic E-state index is 12.7. The lowest BCUT2D eigenvalue weighted by atomic mass is 9.98. The molecule has 1 aliphatic rings. The smallest absolute Gasteiger partial charge is 0.331 e. The number of methoxy groups -OCH3 is 2. The van der Waals surface area contributed by atoms with Crippen LogP contribution in [0.5, 0.6) is 17.4 Å². The quantitative estimate of drug-likeness (QED) is 0.642. The highest BCUT2D eigenvalue weighted by atomic mass is 16.5. The topological polar surface area (TPSA) is 126 Å². The molecule has 0 aliphatic carbocycles. The largest absolute Gasteiger partial charge is 0.497 e. The van der Waals surface area contributed by atoms with Gasteiger partial charge >= 0.3 is 5.69 Å². The van der Waals surface area contributed by atoms with Gasteiger partial charge in [-0.25, -0.2) is 9.80 Å². The van der Waals surface area contributed by atoms with Gasteiger partial charge in [0.1, 0.15) is 17.1 Å². The van der Waals surface area contributed by atoms with E-state index in [0.717, 1.165) is 11.0 Å². The molecule has 2 N–H and O–H groups in total. The Morgan fingerprint density at radius 2 is 2.00 bits per heavy atom. The lowest BCUT2D eigenvalue weighted by molar-refractivity contribution is -0.132. The van der Waals surface area contributed by atoms with Gasteiger partial charge in [-0.15, -0.1) is 0 Å². The minimum absolute atomic E-state index is 0.112. The standard InChI is InChI=1S/C22H28N4O6/c1-5-7-10-25-21(29)19(20(28)23-22(25)30)15-12-16(26(24-15)18(27)6-2)14-11-13(31-3)8-9-17(14)32-4/h8-9,11,16,29H,5-7,10,12H2,1-4H3,(H,23,28,30)/t16-/m0/s1. The number of aromatic nitrogens is 2. The van der Waals surface area contributed by atoms with E-state index in [1.54, 1.807) is 25.1 Å². The Kier molecular flexibility index (Phi) is 7.01. The lowest BCUT2D eigenvalue weighted by Crippen LogP contribution is -2.33. The molecule has 1 aromatic heterocycles. The summed E-state index contributed by atoms with van der Waals surface area (Å²) in [7, 11) is 3.06. The number of aromatic hydroxyl groups is 1. The van der Waals surface area contributed by atoms with Gasteiger partial charge in [-0.05, 0) is 24.6 Å². The third-order valence-electron chi connectivity index (χ3n) is 5.46. The summed E-state index contributed by atoms with van der Waals surface area (Å²) in [6.45, 7) is 3.92. The fraction of sp³-hybridized carbons (Fsp3) is 0.455. The van der Waals surface area contributed by atoms with Crippen LogP contribution < -0.4 is 20.7 Å². The molecular weight excluding hydrogens is 416 g/mol. The molecule has 1 amide bonds. The van der Waals surface area contributed by atoms with Crippen molar-refractivity contribution in [3.63, 3.8) is 0 Å². The molecule has 1 atom stereocenters. The first kappa shape index (κ1) is 23.1. The second-order valence-corrected chi connectivity index (χ2v) is 7.43. The zero-order valence-electron chi connectivity index (χ0n) is 18.7. The number of nitrogens with one attached hydrogen (secondary N) is 1. The second kappa shape index (κ2) is 9.71. The van der Waals surface area contributed by atoms with Crippen molar-refractivity contribution in [3.8, 4) is 17.4 Å². The predicted octanol–water partition coefficient (Wildman–Crippen LogP) is 2.15. The SMILES string of the molecule is CCCCn1c(O)c(C2=NN(C(=O)CC)[C@H](c3cc(OC)ccc3OC)C2)c(=O)[nH]c1=O. The van der Waals surface area contributed by atoms with Crippen LogP contribution >= 0.6 is 0 Å². The summed E-state index contributed by atoms with van der Waals surface area (Å²) < 4.78 is 11.9. The zero-order valence-corrected chi connectivity index (χ0v) is 18.7. The summed E-state index contributed by atoms with van der Waals surface area (Å²) in [6, 6.07) is 4.66. The van der Waals surface area contributed by atoms with E-state index in [9.17, 15) is 19.5 Å². The number of hydrazone groups is 1. The molecule has 0 radical (unpaired) electrons. The van der Waals surface area contributed by atoms with Crippen LogP contribution in [-0.4, -0.2) is 45.5 Å². The van der Waals surface area contributed by atoms with E-state index in [2.05, 4.69) is 10.1 Å². The van der Waals surface area contributed by atoms with Crippen molar-refractivity contribution < 1.29 is 19.4 Å². The molecule has 172 valence electrons. The maximum Gasteiger partial charge on any atom is 0.331 e. The Bertz CT molecular complexity index is 1150. The summed E-state index contributed by atoms with van der Waals surface area (Å²) in [5, 5.41) is 16.5. The molecule has 2 heterocycles. The normalized spacial score (nSPS) is 15.6. The molecule has 0 fully saturated rings. The third kappa shape index (κ3) is 4.25. The summed E-state index contributed by atoms with van der Waals surface area (Å²) in [5.41, 5.74) is -0.677. The first-order chi connectivity index (χ1) is 15.4. The van der Waals surface area contributed by atoms with E-state index in [1.807, 2.05) is 6.92 Å². The minimum Gasteiger partial charge on any atom is -0.497 e. The van der Waals surface area contributed by atoms with Gasteiger partial charge in [-0.2, -0.15) is 5.10 Å². The second-order valence-electron chi connectivity index (χ2n) is 7.43. The van der Waals surface area contributed by atoms with Crippen LogP contribution in [0.3, 0.4) is 0 Å². The van der Waals surface area contributed by atoms with Crippen molar-refractivity contribution >= 4 is 11.6 Å². The number of hydrogen-bond acceptors (Lipinski definition) is 7. The summed E-state index contributed by atoms with van der Waals surface area (Å²) in [6.07, 6.45) is 1.79. The van der Waals surface area contributed by atoms with Crippen molar-refractivity contribution in [3.05, 3.63) is 50.2 Å². The number of carbonyl (C=O) groups excluding carboxylic acids is 1. The van der Waals surface area contributed by atoms with Crippen LogP contribution in [0.4, 0.5) is 0 Å². The van der Waals surface area contributed by atoms with E-state index in [1.165, 1.54) is 19.2 Å². The molecule has 10 nitrogen and oxygen atoms in total. The lowest BCUT2D eigenvalue weighted by Gasteiger charge is -2.23. The van der Waals surface area contributed by atoms with Crippen molar-refractivity contribution in [1.82, 2.24) is 14.6 Å². The number of unbranched alkanes of at least 4 members (excludes halogenated alkanes) is 1. The van der Waals surface area contributed by atoms with Gasteiger partial charge in [0, 0.05) is 24.9 Å². The van der Waals surface area contributed by atoms with Gasteiger partial charge in [0.25, 0.3) is 5.56 Å². The van der Waals surface area contributed by atoms with Crippen molar-refractivity contribution in [1.29, 1.82) is 0 Å². The molecule has 0 bridgehead atoms. The van der Waals surface area contributed by atoms with E-state index >= 15 is 0 Å². The number of benzene rings is 1. The van der Waals surface area contributed by atoms with Crippen LogP contribution in [0.2, 0.25) is 0 Å². The Labute approximate surface area is 185 Å². The van der Waals surface area contributed by atoms with Crippen molar-refractivity contribution in [2.24, 2.45) is 5.10 Å². The molecule has 2 aromatic rings. The van der Waals surface area contributed by atoms with Crippen LogP contribution in [0.1, 0.15) is 56.7 Å². The van der Waals surface area contributed by atoms with Crippen LogP contribution in [0.15, 0.2) is 32.9 Å². The van der Waals surface area contributed by atoms with E-state index in [-0.39, 0.29) is 36.6 Å². The summed E-state index contributed by atoms with van der Waals surface area (Å²) in [5.74, 6) is 0.400. The molecule has 0 spiro atoms. The van der Waals surface area contributed by atoms with Gasteiger partial charge in [0.05, 0.1) is 26.0 Å². The van der Waals surface area contributed by atoms with Gasteiger partial charge in [0.15, 0.2) is 0 Å². The van der Waals surface area contributed by atoms with E-state index in [0.29, 0.717) is 23.5 Å². The highest BCUT2D eigenvalue weighted by Gasteiger charge is 2.36. The van der Waals surface area contributed by atoms with E-state index in [4.69, 9.17) is 9.47 Å². The molecule has 3 rings (SSSR count). The summed E-state index contributed by atoms with van der Waals surface area (Å²) in [4.78, 5) is 39.8. The van der Waals surface area contributed by atoms with Crippen LogP contribution in [0, 0.1) is 0 Å². The number of ether oxygens (including phenoxy) is 2. The number of rotatable bonds is 8. The number of H-pyrrole nitrogens is 1.